The van der Waals surface area contributed by atoms with Gasteiger partial charge in [0.2, 0.25) is 11.8 Å². The molecular weight excluding hydrogens is 261 g/mol. The lowest BCUT2D eigenvalue weighted by Gasteiger charge is -2.19. The number of hydrogen-bond donors (Lipinski definition) is 3. The molecule has 0 saturated carbocycles. The molecule has 1 aliphatic heterocycles. The van der Waals surface area contributed by atoms with Crippen LogP contribution in [0.3, 0.4) is 0 Å². The van der Waals surface area contributed by atoms with Crippen molar-refractivity contribution >= 4 is 23.2 Å². The number of nitrogens with one attached hydrogen (secondary N) is 2. The molecule has 1 unspecified atom stereocenters. The first-order valence-electron chi connectivity index (χ1n) is 6.68. The minimum Gasteiger partial charge on any atom is -0.330 e. The van der Waals surface area contributed by atoms with Gasteiger partial charge in [-0.3, -0.25) is 9.59 Å². The summed E-state index contributed by atoms with van der Waals surface area (Å²) >= 11 is 0. The second kappa shape index (κ2) is 6.00. The predicted molar refractivity (Wildman–Crippen MR) is 74.8 cm³/mol. The van der Waals surface area contributed by atoms with Crippen LogP contribution in [0.1, 0.15) is 25.3 Å². The van der Waals surface area contributed by atoms with E-state index in [4.69, 9.17) is 5.73 Å². The number of benzene rings is 1. The summed E-state index contributed by atoms with van der Waals surface area (Å²) in [5.74, 6) is -1.26. The number of amides is 2. The van der Waals surface area contributed by atoms with Gasteiger partial charge in [0.05, 0.1) is 11.6 Å². The van der Waals surface area contributed by atoms with Crippen LogP contribution in [0.2, 0.25) is 0 Å². The Morgan fingerprint density at radius 1 is 1.50 bits per heavy atom. The summed E-state index contributed by atoms with van der Waals surface area (Å²) in [5, 5.41) is 5.21. The van der Waals surface area contributed by atoms with Crippen molar-refractivity contribution in [3.05, 3.63) is 23.5 Å². The minimum absolute atomic E-state index is 0.0721. The van der Waals surface area contributed by atoms with Gasteiger partial charge in [0, 0.05) is 18.7 Å². The maximum Gasteiger partial charge on any atom is 0.228 e. The molecule has 0 radical (unpaired) electrons. The van der Waals surface area contributed by atoms with Gasteiger partial charge >= 0.3 is 0 Å². The number of nitrogens with two attached hydrogens (primary N) is 1. The molecule has 0 saturated heterocycles. The molecule has 1 aromatic carbocycles. The number of aryl methyl sites for hydroxylation is 1. The third-order valence-electron chi connectivity index (χ3n) is 3.49. The number of halogens is 1. The van der Waals surface area contributed by atoms with E-state index in [1.165, 1.54) is 12.1 Å². The van der Waals surface area contributed by atoms with Crippen molar-refractivity contribution < 1.29 is 14.0 Å². The number of rotatable bonds is 4. The molecule has 1 aromatic rings. The molecule has 6 heteroatoms. The van der Waals surface area contributed by atoms with E-state index in [9.17, 15) is 14.0 Å². The van der Waals surface area contributed by atoms with Crippen LogP contribution in [0.15, 0.2) is 12.1 Å². The van der Waals surface area contributed by atoms with Gasteiger partial charge in [0.15, 0.2) is 0 Å². The van der Waals surface area contributed by atoms with Crippen LogP contribution in [0.5, 0.6) is 0 Å². The normalized spacial score (nSPS) is 15.2. The number of carbonyl (C=O) groups excluding carboxylic acids is 2. The van der Waals surface area contributed by atoms with Gasteiger partial charge in [0.1, 0.15) is 5.82 Å². The highest BCUT2D eigenvalue weighted by molar-refractivity contribution is 5.97. The Hall–Kier alpha value is -1.95. The summed E-state index contributed by atoms with van der Waals surface area (Å²) in [5.41, 5.74) is 6.86. The van der Waals surface area contributed by atoms with Gasteiger partial charge in [-0.05, 0) is 30.5 Å². The Labute approximate surface area is 116 Å². The smallest absolute Gasteiger partial charge is 0.228 e. The molecule has 1 aliphatic rings. The van der Waals surface area contributed by atoms with Crippen LogP contribution in [0, 0.1) is 11.7 Å². The Morgan fingerprint density at radius 3 is 2.90 bits per heavy atom. The Morgan fingerprint density at radius 2 is 2.25 bits per heavy atom. The van der Waals surface area contributed by atoms with E-state index in [1.807, 2.05) is 6.92 Å². The van der Waals surface area contributed by atoms with Crippen molar-refractivity contribution in [3.63, 3.8) is 0 Å². The molecule has 0 spiro atoms. The summed E-state index contributed by atoms with van der Waals surface area (Å²) < 4.78 is 13.9. The van der Waals surface area contributed by atoms with E-state index in [0.717, 1.165) is 5.56 Å². The molecule has 108 valence electrons. The molecule has 2 rings (SSSR count). The number of anilines is 2. The Kier molecular flexibility index (Phi) is 4.34. The molecular formula is C14H18FN3O2. The van der Waals surface area contributed by atoms with Crippen LogP contribution < -0.4 is 16.4 Å². The maximum atomic E-state index is 13.9. The zero-order valence-electron chi connectivity index (χ0n) is 11.3. The molecule has 0 fully saturated rings. The molecule has 0 aromatic heterocycles. The highest BCUT2D eigenvalue weighted by Gasteiger charge is 2.20. The van der Waals surface area contributed by atoms with Crippen LogP contribution in [0.4, 0.5) is 15.8 Å². The van der Waals surface area contributed by atoms with Crippen LogP contribution in [-0.2, 0) is 16.0 Å². The Bertz CT molecular complexity index is 541. The van der Waals surface area contributed by atoms with Crippen molar-refractivity contribution in [2.24, 2.45) is 11.7 Å². The maximum absolute atomic E-state index is 13.9. The summed E-state index contributed by atoms with van der Waals surface area (Å²) in [6.45, 7) is 2.06. The lowest BCUT2D eigenvalue weighted by Crippen LogP contribution is -2.29. The Balaban J connectivity index is 2.22. The quantitative estimate of drug-likeness (QED) is 0.783. The topological polar surface area (TPSA) is 84.2 Å². The molecule has 2 amide bonds. The van der Waals surface area contributed by atoms with E-state index in [-0.39, 0.29) is 30.0 Å². The van der Waals surface area contributed by atoms with Gasteiger partial charge in [0.25, 0.3) is 0 Å². The van der Waals surface area contributed by atoms with E-state index < -0.39 is 5.82 Å². The molecule has 0 aliphatic carbocycles. The fourth-order valence-corrected chi connectivity index (χ4v) is 2.19. The van der Waals surface area contributed by atoms with Crippen molar-refractivity contribution in [2.45, 2.75) is 26.2 Å². The standard InChI is InChI=1S/C14H18FN3O2/c1-2-8(7-16)14(20)18-12-6-11-9(5-10(12)15)3-4-13(19)17-11/h5-6,8H,2-4,7,16H2,1H3,(H,17,19)(H,18,20). The van der Waals surface area contributed by atoms with Gasteiger partial charge in [-0.1, -0.05) is 6.92 Å². The van der Waals surface area contributed by atoms with Crippen LogP contribution in [-0.4, -0.2) is 18.4 Å². The monoisotopic (exact) mass is 279 g/mol. The van der Waals surface area contributed by atoms with Gasteiger partial charge < -0.3 is 16.4 Å². The van der Waals surface area contributed by atoms with E-state index in [0.29, 0.717) is 24.9 Å². The van der Waals surface area contributed by atoms with Gasteiger partial charge in [-0.25, -0.2) is 4.39 Å². The van der Waals surface area contributed by atoms with Crippen LogP contribution in [0.25, 0.3) is 0 Å². The molecule has 5 nitrogen and oxygen atoms in total. The summed E-state index contributed by atoms with van der Waals surface area (Å²) in [6, 6.07) is 2.82. The second-order valence-electron chi connectivity index (χ2n) is 4.87. The molecule has 1 atom stereocenters. The highest BCUT2D eigenvalue weighted by atomic mass is 19.1. The minimum atomic E-state index is -0.500. The van der Waals surface area contributed by atoms with E-state index >= 15 is 0 Å². The number of carbonyl (C=O) groups is 2. The number of hydrogen-bond acceptors (Lipinski definition) is 3. The molecule has 20 heavy (non-hydrogen) atoms. The lowest BCUT2D eigenvalue weighted by atomic mass is 10.0. The predicted octanol–water partition coefficient (Wildman–Crippen LogP) is 1.63. The number of fused-ring (bicyclic) bond motifs is 1. The van der Waals surface area contributed by atoms with E-state index in [1.54, 1.807) is 0 Å². The van der Waals surface area contributed by atoms with E-state index in [2.05, 4.69) is 10.6 Å². The van der Waals surface area contributed by atoms with Gasteiger partial charge in [-0.2, -0.15) is 0 Å². The first-order valence-corrected chi connectivity index (χ1v) is 6.68. The third-order valence-corrected chi connectivity index (χ3v) is 3.49. The van der Waals surface area contributed by atoms with Crippen molar-refractivity contribution in [3.8, 4) is 0 Å². The molecule has 1 heterocycles. The summed E-state index contributed by atoms with van der Waals surface area (Å²) in [4.78, 5) is 23.3. The first-order chi connectivity index (χ1) is 9.55. The van der Waals surface area contributed by atoms with Crippen molar-refractivity contribution in [1.82, 2.24) is 0 Å². The fraction of sp³-hybridized carbons (Fsp3) is 0.429. The second-order valence-corrected chi connectivity index (χ2v) is 4.87. The fourth-order valence-electron chi connectivity index (χ4n) is 2.19. The summed E-state index contributed by atoms with van der Waals surface area (Å²) in [6.07, 6.45) is 1.45. The van der Waals surface area contributed by atoms with Crippen molar-refractivity contribution in [1.29, 1.82) is 0 Å². The van der Waals surface area contributed by atoms with Crippen molar-refractivity contribution in [2.75, 3.05) is 17.2 Å². The van der Waals surface area contributed by atoms with Crippen LogP contribution >= 0.6 is 0 Å². The highest BCUT2D eigenvalue weighted by Crippen LogP contribution is 2.28. The molecule has 0 bridgehead atoms. The average Bonchev–Trinajstić information content (AvgIpc) is 2.41. The molecule has 4 N–H and O–H groups in total. The van der Waals surface area contributed by atoms with Gasteiger partial charge in [-0.15, -0.1) is 0 Å². The zero-order valence-corrected chi connectivity index (χ0v) is 11.3. The summed E-state index contributed by atoms with van der Waals surface area (Å²) in [7, 11) is 0. The SMILES string of the molecule is CCC(CN)C(=O)Nc1cc2c(cc1F)CCC(=O)N2. The lowest BCUT2D eigenvalue weighted by molar-refractivity contribution is -0.119. The largest absolute Gasteiger partial charge is 0.330 e. The first kappa shape index (κ1) is 14.5. The zero-order chi connectivity index (χ0) is 14.7. The third kappa shape index (κ3) is 2.96. The average molecular weight is 279 g/mol.